The van der Waals surface area contributed by atoms with E-state index in [4.69, 9.17) is 23.2 Å². The number of carbonyl (C=O) groups excluding carboxylic acids is 2. The maximum absolute atomic E-state index is 14.6. The van der Waals surface area contributed by atoms with E-state index in [9.17, 15) is 18.0 Å². The summed E-state index contributed by atoms with van der Waals surface area (Å²) in [6.07, 6.45) is 0.895. The topological polar surface area (TPSA) is 86.8 Å². The standard InChI is InChI=1S/C36H39Cl2N3O4S/c1-5-27(4)39-36(43)34(21-28-12-8-6-9-13-28)40(23-29-17-18-30(37)22-33(29)38)35(42)24-41(31-19-16-25(2)26(3)20-31)46(44,45)32-14-10-7-11-15-32/h6-20,22,27,34H,5,21,23-24H2,1-4H3,(H,39,43)/t27-,34-/m0/s1. The zero-order chi connectivity index (χ0) is 33.4. The van der Waals surface area contributed by atoms with Crippen molar-refractivity contribution in [2.75, 3.05) is 10.8 Å². The van der Waals surface area contributed by atoms with Gasteiger partial charge in [0.25, 0.3) is 10.0 Å². The second kappa shape index (κ2) is 15.6. The first kappa shape index (κ1) is 35.0. The highest BCUT2D eigenvalue weighted by molar-refractivity contribution is 7.92. The van der Waals surface area contributed by atoms with E-state index in [-0.39, 0.29) is 29.8 Å². The Bertz CT molecular complexity index is 1770. The van der Waals surface area contributed by atoms with Gasteiger partial charge in [-0.2, -0.15) is 0 Å². The fourth-order valence-electron chi connectivity index (χ4n) is 4.96. The van der Waals surface area contributed by atoms with E-state index in [2.05, 4.69) is 5.32 Å². The Morgan fingerprint density at radius 3 is 2.11 bits per heavy atom. The number of anilines is 1. The van der Waals surface area contributed by atoms with Gasteiger partial charge in [-0.1, -0.05) is 90.8 Å². The summed E-state index contributed by atoms with van der Waals surface area (Å²) >= 11 is 12.8. The zero-order valence-corrected chi connectivity index (χ0v) is 28.7. The molecule has 0 aliphatic heterocycles. The first-order valence-electron chi connectivity index (χ1n) is 15.1. The molecule has 0 aromatic heterocycles. The summed E-state index contributed by atoms with van der Waals surface area (Å²) in [5.41, 5.74) is 3.61. The monoisotopic (exact) mass is 679 g/mol. The third-order valence-electron chi connectivity index (χ3n) is 8.02. The van der Waals surface area contributed by atoms with Crippen molar-refractivity contribution in [2.45, 2.75) is 64.1 Å². The molecule has 0 heterocycles. The summed E-state index contributed by atoms with van der Waals surface area (Å²) in [6.45, 7) is 7.08. The van der Waals surface area contributed by atoms with Crippen LogP contribution in [-0.2, 0) is 32.6 Å². The molecule has 10 heteroatoms. The molecule has 0 aliphatic carbocycles. The lowest BCUT2D eigenvalue weighted by Crippen LogP contribution is -2.54. The number of halogens is 2. The fourth-order valence-corrected chi connectivity index (χ4v) is 6.85. The van der Waals surface area contributed by atoms with Gasteiger partial charge in [-0.15, -0.1) is 0 Å². The van der Waals surface area contributed by atoms with Gasteiger partial charge in [-0.25, -0.2) is 8.42 Å². The third-order valence-corrected chi connectivity index (χ3v) is 10.4. The van der Waals surface area contributed by atoms with Crippen LogP contribution in [0.4, 0.5) is 5.69 Å². The van der Waals surface area contributed by atoms with Gasteiger partial charge < -0.3 is 10.2 Å². The average molecular weight is 681 g/mol. The van der Waals surface area contributed by atoms with Crippen molar-refractivity contribution >= 4 is 50.7 Å². The van der Waals surface area contributed by atoms with Gasteiger partial charge in [-0.3, -0.25) is 13.9 Å². The minimum atomic E-state index is -4.18. The lowest BCUT2D eigenvalue weighted by molar-refractivity contribution is -0.140. The molecule has 7 nitrogen and oxygen atoms in total. The summed E-state index contributed by atoms with van der Waals surface area (Å²) < 4.78 is 29.4. The average Bonchev–Trinajstić information content (AvgIpc) is 3.04. The van der Waals surface area contributed by atoms with E-state index in [1.807, 2.05) is 64.1 Å². The number of hydrogen-bond donors (Lipinski definition) is 1. The number of carbonyl (C=O) groups is 2. The maximum Gasteiger partial charge on any atom is 0.264 e. The smallest absolute Gasteiger partial charge is 0.264 e. The molecule has 0 radical (unpaired) electrons. The number of rotatable bonds is 13. The number of nitrogens with zero attached hydrogens (tertiary/aromatic N) is 2. The maximum atomic E-state index is 14.6. The molecule has 0 unspecified atom stereocenters. The van der Waals surface area contributed by atoms with Gasteiger partial charge >= 0.3 is 0 Å². The van der Waals surface area contributed by atoms with Crippen molar-refractivity contribution in [1.82, 2.24) is 10.2 Å². The number of hydrogen-bond acceptors (Lipinski definition) is 4. The van der Waals surface area contributed by atoms with Crippen LogP contribution in [0, 0.1) is 13.8 Å². The first-order chi connectivity index (χ1) is 21.9. The second-order valence-corrected chi connectivity index (χ2v) is 14.1. The lowest BCUT2D eigenvalue weighted by Gasteiger charge is -2.34. The van der Waals surface area contributed by atoms with Crippen molar-refractivity contribution in [3.63, 3.8) is 0 Å². The lowest BCUT2D eigenvalue weighted by atomic mass is 10.0. The number of benzene rings is 4. The molecule has 4 rings (SSSR count). The van der Waals surface area contributed by atoms with Crippen LogP contribution in [0.15, 0.2) is 102 Å². The Balaban J connectivity index is 1.84. The van der Waals surface area contributed by atoms with Gasteiger partial charge in [0.2, 0.25) is 11.8 Å². The molecule has 4 aromatic carbocycles. The molecule has 46 heavy (non-hydrogen) atoms. The van der Waals surface area contributed by atoms with Gasteiger partial charge in [0.1, 0.15) is 12.6 Å². The largest absolute Gasteiger partial charge is 0.352 e. The number of nitrogens with one attached hydrogen (secondary N) is 1. The van der Waals surface area contributed by atoms with Crippen molar-refractivity contribution in [2.24, 2.45) is 0 Å². The van der Waals surface area contributed by atoms with E-state index >= 15 is 0 Å². The van der Waals surface area contributed by atoms with Crippen molar-refractivity contribution in [3.8, 4) is 0 Å². The van der Waals surface area contributed by atoms with Crippen LogP contribution in [-0.4, -0.2) is 43.8 Å². The predicted molar refractivity (Wildman–Crippen MR) is 186 cm³/mol. The molecule has 4 aromatic rings. The number of aryl methyl sites for hydroxylation is 2. The predicted octanol–water partition coefficient (Wildman–Crippen LogP) is 7.36. The van der Waals surface area contributed by atoms with Crippen LogP contribution in [0.5, 0.6) is 0 Å². The van der Waals surface area contributed by atoms with E-state index < -0.39 is 28.5 Å². The van der Waals surface area contributed by atoms with Gasteiger partial charge in [0.15, 0.2) is 0 Å². The van der Waals surface area contributed by atoms with Gasteiger partial charge in [-0.05, 0) is 85.8 Å². The molecule has 0 bridgehead atoms. The van der Waals surface area contributed by atoms with Crippen LogP contribution < -0.4 is 9.62 Å². The third kappa shape index (κ3) is 8.69. The fraction of sp³-hybridized carbons (Fsp3) is 0.278. The summed E-state index contributed by atoms with van der Waals surface area (Å²) in [5.74, 6) is -0.913. The molecule has 0 saturated heterocycles. The Kier molecular flexibility index (Phi) is 11.9. The van der Waals surface area contributed by atoms with Crippen LogP contribution >= 0.6 is 23.2 Å². The van der Waals surface area contributed by atoms with Gasteiger partial charge in [0.05, 0.1) is 10.6 Å². The molecule has 1 N–H and O–H groups in total. The Hall–Kier alpha value is -3.85. The van der Waals surface area contributed by atoms with Crippen LogP contribution in [0.3, 0.4) is 0 Å². The summed E-state index contributed by atoms with van der Waals surface area (Å²) in [6, 6.07) is 26.5. The highest BCUT2D eigenvalue weighted by Crippen LogP contribution is 2.28. The summed E-state index contributed by atoms with van der Waals surface area (Å²) in [7, 11) is -4.18. The van der Waals surface area contributed by atoms with Gasteiger partial charge in [0, 0.05) is 29.1 Å². The zero-order valence-electron chi connectivity index (χ0n) is 26.4. The molecule has 0 aliphatic rings. The summed E-state index contributed by atoms with van der Waals surface area (Å²) in [4.78, 5) is 30.0. The van der Waals surface area contributed by atoms with Crippen molar-refractivity contribution < 1.29 is 18.0 Å². The van der Waals surface area contributed by atoms with Crippen molar-refractivity contribution in [3.05, 3.63) is 129 Å². The SMILES string of the molecule is CC[C@H](C)NC(=O)[C@H](Cc1ccccc1)N(Cc1ccc(Cl)cc1Cl)C(=O)CN(c1ccc(C)c(C)c1)S(=O)(=O)c1ccccc1. The van der Waals surface area contributed by atoms with Crippen LogP contribution in [0.25, 0.3) is 0 Å². The van der Waals surface area contributed by atoms with Crippen LogP contribution in [0.2, 0.25) is 10.0 Å². The molecule has 0 fully saturated rings. The van der Waals surface area contributed by atoms with E-state index in [0.717, 1.165) is 21.0 Å². The summed E-state index contributed by atoms with van der Waals surface area (Å²) in [5, 5.41) is 3.79. The quantitative estimate of drug-likeness (QED) is 0.160. The Morgan fingerprint density at radius 1 is 0.848 bits per heavy atom. The number of amides is 2. The first-order valence-corrected chi connectivity index (χ1v) is 17.3. The van der Waals surface area contributed by atoms with Crippen molar-refractivity contribution in [1.29, 1.82) is 0 Å². The molecular formula is C36H39Cl2N3O4S. The highest BCUT2D eigenvalue weighted by atomic mass is 35.5. The molecule has 2 atom stereocenters. The molecule has 0 spiro atoms. The Morgan fingerprint density at radius 2 is 1.50 bits per heavy atom. The normalized spacial score (nSPS) is 12.7. The minimum absolute atomic E-state index is 0.0451. The second-order valence-electron chi connectivity index (χ2n) is 11.4. The molecule has 242 valence electrons. The Labute approximate surface area is 282 Å². The molecule has 0 saturated carbocycles. The molecular weight excluding hydrogens is 641 g/mol. The van der Waals surface area contributed by atoms with Crippen LogP contribution in [0.1, 0.15) is 42.5 Å². The highest BCUT2D eigenvalue weighted by Gasteiger charge is 2.35. The van der Waals surface area contributed by atoms with E-state index in [1.165, 1.54) is 17.0 Å². The molecule has 2 amide bonds. The number of sulfonamides is 1. The minimum Gasteiger partial charge on any atom is -0.352 e. The van der Waals surface area contributed by atoms with E-state index in [1.54, 1.807) is 48.5 Å². The van der Waals surface area contributed by atoms with E-state index in [0.29, 0.717) is 27.7 Å².